The molecule has 106 valence electrons. The second-order valence-electron chi connectivity index (χ2n) is 4.49. The Balaban J connectivity index is 2.15. The molecule has 2 aromatic rings. The molecule has 0 aliphatic heterocycles. The molecule has 0 amide bonds. The molecular formula is C15H19N3OS. The van der Waals surface area contributed by atoms with E-state index in [9.17, 15) is 0 Å². The fourth-order valence-corrected chi connectivity index (χ4v) is 2.24. The molecule has 2 rings (SSSR count). The Morgan fingerprint density at radius 1 is 1.10 bits per heavy atom. The van der Waals surface area contributed by atoms with E-state index in [0.29, 0.717) is 0 Å². The Bertz CT molecular complexity index is 491. The van der Waals surface area contributed by atoms with Gasteiger partial charge < -0.3 is 9.64 Å². The van der Waals surface area contributed by atoms with Gasteiger partial charge in [-0.3, -0.25) is 0 Å². The molecule has 0 radical (unpaired) electrons. The number of hydrogen-bond donors (Lipinski definition) is 0. The summed E-state index contributed by atoms with van der Waals surface area (Å²) >= 11 is 1.59. The SMILES string of the molecule is COc1ccc(C(C)N(C)c2ccc(SC)nn2)cc1. The predicted octanol–water partition coefficient (Wildman–Crippen LogP) is 3.40. The fraction of sp³-hybridized carbons (Fsp3) is 0.333. The number of benzene rings is 1. The van der Waals surface area contributed by atoms with Gasteiger partial charge in [0.25, 0.3) is 0 Å². The number of aromatic nitrogens is 2. The average molecular weight is 289 g/mol. The first kappa shape index (κ1) is 14.7. The molecule has 1 atom stereocenters. The van der Waals surface area contributed by atoms with E-state index in [1.54, 1.807) is 18.9 Å². The molecule has 0 aliphatic rings. The van der Waals surface area contributed by atoms with Gasteiger partial charge in [-0.1, -0.05) is 12.1 Å². The molecule has 0 fully saturated rings. The monoisotopic (exact) mass is 289 g/mol. The van der Waals surface area contributed by atoms with Crippen molar-refractivity contribution < 1.29 is 4.74 Å². The van der Waals surface area contributed by atoms with Gasteiger partial charge in [0, 0.05) is 7.05 Å². The van der Waals surface area contributed by atoms with Crippen LogP contribution in [0.3, 0.4) is 0 Å². The summed E-state index contributed by atoms with van der Waals surface area (Å²) in [5.74, 6) is 1.74. The molecule has 1 aromatic carbocycles. The third-order valence-electron chi connectivity index (χ3n) is 3.38. The minimum Gasteiger partial charge on any atom is -0.497 e. The van der Waals surface area contributed by atoms with Gasteiger partial charge in [0.1, 0.15) is 10.8 Å². The summed E-state index contributed by atoms with van der Waals surface area (Å²) in [6.45, 7) is 2.14. The van der Waals surface area contributed by atoms with Gasteiger partial charge >= 0.3 is 0 Å². The van der Waals surface area contributed by atoms with E-state index in [1.165, 1.54) is 5.56 Å². The van der Waals surface area contributed by atoms with E-state index in [1.807, 2.05) is 37.6 Å². The second-order valence-corrected chi connectivity index (χ2v) is 5.32. The smallest absolute Gasteiger partial charge is 0.151 e. The van der Waals surface area contributed by atoms with Crippen molar-refractivity contribution in [3.05, 3.63) is 42.0 Å². The van der Waals surface area contributed by atoms with Gasteiger partial charge in [-0.25, -0.2) is 0 Å². The zero-order valence-electron chi connectivity index (χ0n) is 12.2. The highest BCUT2D eigenvalue weighted by atomic mass is 32.2. The van der Waals surface area contributed by atoms with Crippen LogP contribution < -0.4 is 9.64 Å². The van der Waals surface area contributed by atoms with Crippen molar-refractivity contribution in [2.24, 2.45) is 0 Å². The summed E-state index contributed by atoms with van der Waals surface area (Å²) in [5.41, 5.74) is 1.21. The summed E-state index contributed by atoms with van der Waals surface area (Å²) in [7, 11) is 3.70. The Morgan fingerprint density at radius 3 is 2.30 bits per heavy atom. The van der Waals surface area contributed by atoms with Crippen molar-refractivity contribution >= 4 is 17.6 Å². The van der Waals surface area contributed by atoms with Crippen LogP contribution in [0.25, 0.3) is 0 Å². The largest absolute Gasteiger partial charge is 0.497 e. The van der Waals surface area contributed by atoms with Crippen molar-refractivity contribution in [1.29, 1.82) is 0 Å². The lowest BCUT2D eigenvalue weighted by Gasteiger charge is -2.26. The summed E-state index contributed by atoms with van der Waals surface area (Å²) in [6, 6.07) is 12.3. The molecule has 0 saturated heterocycles. The van der Waals surface area contributed by atoms with Crippen LogP contribution in [-0.2, 0) is 0 Å². The van der Waals surface area contributed by atoms with Gasteiger partial charge in [0.2, 0.25) is 0 Å². The number of nitrogens with zero attached hydrogens (tertiary/aromatic N) is 3. The molecule has 0 saturated carbocycles. The van der Waals surface area contributed by atoms with Gasteiger partial charge in [0.05, 0.1) is 13.2 Å². The van der Waals surface area contributed by atoms with E-state index in [2.05, 4.69) is 34.2 Å². The van der Waals surface area contributed by atoms with Gasteiger partial charge in [-0.15, -0.1) is 22.0 Å². The second kappa shape index (κ2) is 6.61. The standard InChI is InChI=1S/C15H19N3OS/c1-11(12-5-7-13(19-3)8-6-12)18(2)14-9-10-15(20-4)17-16-14/h5-11H,1-4H3. The van der Waals surface area contributed by atoms with Crippen molar-refractivity contribution in [2.75, 3.05) is 25.3 Å². The van der Waals surface area contributed by atoms with Crippen LogP contribution in [0.2, 0.25) is 0 Å². The molecule has 4 nitrogen and oxygen atoms in total. The number of rotatable bonds is 5. The lowest BCUT2D eigenvalue weighted by atomic mass is 10.1. The molecule has 5 heteroatoms. The number of thioether (sulfide) groups is 1. The molecule has 1 heterocycles. The molecule has 0 aliphatic carbocycles. The highest BCUT2D eigenvalue weighted by Gasteiger charge is 2.14. The quantitative estimate of drug-likeness (QED) is 0.789. The molecular weight excluding hydrogens is 270 g/mol. The summed E-state index contributed by atoms with van der Waals surface area (Å²) in [6.07, 6.45) is 1.99. The Labute approximate surface area is 124 Å². The lowest BCUT2D eigenvalue weighted by Crippen LogP contribution is -2.22. The lowest BCUT2D eigenvalue weighted by molar-refractivity contribution is 0.414. The number of methoxy groups -OCH3 is 1. The fourth-order valence-electron chi connectivity index (χ4n) is 1.91. The third-order valence-corrected chi connectivity index (χ3v) is 4.01. The van der Waals surface area contributed by atoms with Crippen molar-refractivity contribution in [3.8, 4) is 5.75 Å². The van der Waals surface area contributed by atoms with Crippen molar-refractivity contribution in [2.45, 2.75) is 18.0 Å². The van der Waals surface area contributed by atoms with Crippen LogP contribution in [-0.4, -0.2) is 30.6 Å². The van der Waals surface area contributed by atoms with Crippen LogP contribution in [0.15, 0.2) is 41.4 Å². The molecule has 0 bridgehead atoms. The molecule has 0 N–H and O–H groups in total. The molecule has 20 heavy (non-hydrogen) atoms. The third kappa shape index (κ3) is 3.22. The van der Waals surface area contributed by atoms with E-state index in [-0.39, 0.29) is 6.04 Å². The first-order chi connectivity index (χ1) is 9.65. The Hall–Kier alpha value is -1.75. The first-order valence-electron chi connectivity index (χ1n) is 6.40. The highest BCUT2D eigenvalue weighted by molar-refractivity contribution is 7.98. The van der Waals surface area contributed by atoms with E-state index in [4.69, 9.17) is 4.74 Å². The number of hydrogen-bond acceptors (Lipinski definition) is 5. The van der Waals surface area contributed by atoms with Gasteiger partial charge in [0.15, 0.2) is 5.82 Å². The number of anilines is 1. The summed E-state index contributed by atoms with van der Waals surface area (Å²) in [4.78, 5) is 2.11. The maximum atomic E-state index is 5.18. The van der Waals surface area contributed by atoms with Crippen LogP contribution in [0.4, 0.5) is 5.82 Å². The highest BCUT2D eigenvalue weighted by Crippen LogP contribution is 2.25. The van der Waals surface area contributed by atoms with Gasteiger partial charge in [-0.05, 0) is 43.0 Å². The molecule has 1 aromatic heterocycles. The normalized spacial score (nSPS) is 12.0. The summed E-state index contributed by atoms with van der Waals surface area (Å²) < 4.78 is 5.18. The van der Waals surface area contributed by atoms with E-state index < -0.39 is 0 Å². The number of ether oxygens (including phenoxy) is 1. The Morgan fingerprint density at radius 2 is 1.80 bits per heavy atom. The maximum Gasteiger partial charge on any atom is 0.151 e. The minimum absolute atomic E-state index is 0.218. The first-order valence-corrected chi connectivity index (χ1v) is 7.62. The van der Waals surface area contributed by atoms with Crippen molar-refractivity contribution in [1.82, 2.24) is 10.2 Å². The van der Waals surface area contributed by atoms with E-state index in [0.717, 1.165) is 16.6 Å². The van der Waals surface area contributed by atoms with Crippen molar-refractivity contribution in [3.63, 3.8) is 0 Å². The maximum absolute atomic E-state index is 5.18. The van der Waals surface area contributed by atoms with Crippen LogP contribution >= 0.6 is 11.8 Å². The van der Waals surface area contributed by atoms with Crippen LogP contribution in [0, 0.1) is 0 Å². The molecule has 1 unspecified atom stereocenters. The van der Waals surface area contributed by atoms with Gasteiger partial charge in [-0.2, -0.15) is 0 Å². The summed E-state index contributed by atoms with van der Waals surface area (Å²) in [5, 5.41) is 9.36. The molecule has 0 spiro atoms. The minimum atomic E-state index is 0.218. The topological polar surface area (TPSA) is 38.2 Å². The Kier molecular flexibility index (Phi) is 4.84. The van der Waals surface area contributed by atoms with Crippen LogP contribution in [0.5, 0.6) is 5.75 Å². The van der Waals surface area contributed by atoms with Crippen LogP contribution in [0.1, 0.15) is 18.5 Å². The average Bonchev–Trinajstić information content (AvgIpc) is 2.53. The predicted molar refractivity (Wildman–Crippen MR) is 83.6 cm³/mol. The zero-order valence-corrected chi connectivity index (χ0v) is 13.0. The van der Waals surface area contributed by atoms with E-state index >= 15 is 0 Å². The zero-order chi connectivity index (χ0) is 14.5.